The molecule has 1 aliphatic rings. The van der Waals surface area contributed by atoms with Gasteiger partial charge < -0.3 is 22.1 Å². The van der Waals surface area contributed by atoms with E-state index in [9.17, 15) is 14.4 Å². The molecule has 9 heteroatoms. The lowest BCUT2D eigenvalue weighted by Gasteiger charge is -2.12. The third-order valence-electron chi connectivity index (χ3n) is 4.89. The molecule has 0 aliphatic heterocycles. The van der Waals surface area contributed by atoms with Crippen LogP contribution in [0.3, 0.4) is 0 Å². The van der Waals surface area contributed by atoms with Crippen LogP contribution < -0.4 is 22.1 Å². The van der Waals surface area contributed by atoms with Crippen molar-refractivity contribution in [3.8, 4) is 10.4 Å². The van der Waals surface area contributed by atoms with Crippen molar-refractivity contribution in [3.05, 3.63) is 70.4 Å². The van der Waals surface area contributed by atoms with Crippen molar-refractivity contribution in [2.45, 2.75) is 25.4 Å². The normalized spacial score (nSPS) is 12.9. The summed E-state index contributed by atoms with van der Waals surface area (Å²) in [6.45, 7) is 0.224. The maximum Gasteiger partial charge on any atom is 0.265 e. The fourth-order valence-corrected chi connectivity index (χ4v) is 3.90. The summed E-state index contributed by atoms with van der Waals surface area (Å²) in [4.78, 5) is 41.8. The smallest absolute Gasteiger partial charge is 0.265 e. The van der Waals surface area contributed by atoms with Crippen LogP contribution in [0.4, 0.5) is 5.69 Å². The van der Waals surface area contributed by atoms with E-state index in [1.54, 1.807) is 42.6 Å². The number of anilines is 1. The first-order valence-corrected chi connectivity index (χ1v) is 10.6. The maximum absolute atomic E-state index is 12.8. The number of pyridine rings is 1. The van der Waals surface area contributed by atoms with Crippen molar-refractivity contribution in [3.63, 3.8) is 0 Å². The fourth-order valence-electron chi connectivity index (χ4n) is 3.02. The Bertz CT molecular complexity index is 1170. The Kier molecular flexibility index (Phi) is 5.79. The molecule has 2 aromatic heterocycles. The van der Waals surface area contributed by atoms with Crippen LogP contribution >= 0.6 is 11.3 Å². The lowest BCUT2D eigenvalue weighted by Crippen LogP contribution is -2.25. The number of amides is 3. The molecule has 158 valence electrons. The average Bonchev–Trinajstić information content (AvgIpc) is 3.44. The van der Waals surface area contributed by atoms with Gasteiger partial charge in [-0.15, -0.1) is 11.3 Å². The predicted octanol–water partition coefficient (Wildman–Crippen LogP) is 2.51. The third kappa shape index (κ3) is 4.79. The first kappa shape index (κ1) is 20.7. The molecule has 6 N–H and O–H groups in total. The summed E-state index contributed by atoms with van der Waals surface area (Å²) in [6.07, 6.45) is 4.99. The fraction of sp³-hybridized carbons (Fsp3) is 0.182. The quantitative estimate of drug-likeness (QED) is 0.451. The van der Waals surface area contributed by atoms with E-state index in [-0.39, 0.29) is 24.4 Å². The Hall–Kier alpha value is -3.56. The topological polar surface area (TPSA) is 140 Å². The molecule has 3 aromatic rings. The Morgan fingerprint density at radius 2 is 1.84 bits per heavy atom. The van der Waals surface area contributed by atoms with Crippen LogP contribution in [-0.4, -0.2) is 28.7 Å². The van der Waals surface area contributed by atoms with E-state index in [1.165, 1.54) is 17.5 Å². The number of hydrogen-bond acceptors (Lipinski definition) is 6. The molecule has 0 saturated heterocycles. The van der Waals surface area contributed by atoms with Crippen molar-refractivity contribution in [1.82, 2.24) is 10.3 Å². The van der Waals surface area contributed by atoms with Crippen LogP contribution in [0, 0.1) is 0 Å². The van der Waals surface area contributed by atoms with E-state index >= 15 is 0 Å². The van der Waals surface area contributed by atoms with Crippen LogP contribution in [0.15, 0.2) is 48.8 Å². The first-order chi connectivity index (χ1) is 14.9. The number of nitrogens with two attached hydrogens (primary N) is 2. The number of primary amides is 1. The summed E-state index contributed by atoms with van der Waals surface area (Å²) >= 11 is 1.26. The van der Waals surface area contributed by atoms with Crippen LogP contribution in [0.2, 0.25) is 0 Å². The summed E-state index contributed by atoms with van der Waals surface area (Å²) in [7, 11) is 0. The van der Waals surface area contributed by atoms with E-state index in [2.05, 4.69) is 15.6 Å². The molecule has 1 aliphatic carbocycles. The minimum atomic E-state index is -0.566. The van der Waals surface area contributed by atoms with Crippen molar-refractivity contribution in [2.75, 3.05) is 5.32 Å². The molecule has 0 unspecified atom stereocenters. The molecule has 1 fully saturated rings. The average molecular weight is 436 g/mol. The highest BCUT2D eigenvalue weighted by Crippen LogP contribution is 2.29. The molecule has 0 bridgehead atoms. The molecule has 31 heavy (non-hydrogen) atoms. The zero-order valence-electron chi connectivity index (χ0n) is 16.6. The van der Waals surface area contributed by atoms with Crippen LogP contribution in [0.25, 0.3) is 10.4 Å². The van der Waals surface area contributed by atoms with E-state index in [1.807, 2.05) is 0 Å². The molecule has 1 saturated carbocycles. The lowest BCUT2D eigenvalue weighted by molar-refractivity contribution is 0.0948. The molecule has 0 radical (unpaired) electrons. The summed E-state index contributed by atoms with van der Waals surface area (Å²) in [5.74, 6) is -1.05. The Morgan fingerprint density at radius 1 is 1.03 bits per heavy atom. The largest absolute Gasteiger partial charge is 0.366 e. The van der Waals surface area contributed by atoms with Crippen molar-refractivity contribution in [1.29, 1.82) is 0 Å². The molecule has 0 atom stereocenters. The van der Waals surface area contributed by atoms with Gasteiger partial charge in [0, 0.05) is 46.7 Å². The van der Waals surface area contributed by atoms with Gasteiger partial charge in [-0.3, -0.25) is 19.4 Å². The van der Waals surface area contributed by atoms with Crippen molar-refractivity contribution in [2.24, 2.45) is 11.5 Å². The maximum atomic E-state index is 12.8. The molecule has 3 amide bonds. The van der Waals surface area contributed by atoms with E-state index in [4.69, 9.17) is 11.5 Å². The number of rotatable bonds is 7. The molecule has 8 nitrogen and oxygen atoms in total. The van der Waals surface area contributed by atoms with Gasteiger partial charge in [0.05, 0.1) is 10.4 Å². The number of carbonyl (C=O) groups is 3. The second kappa shape index (κ2) is 8.66. The SMILES string of the molecule is NCc1ccc(C(=O)NC2CC2)cc1NC(=O)c1ccc(-c2cncc(C(N)=O)c2)s1. The van der Waals surface area contributed by atoms with Crippen LogP contribution in [0.5, 0.6) is 0 Å². The summed E-state index contributed by atoms with van der Waals surface area (Å²) in [6, 6.07) is 10.5. The van der Waals surface area contributed by atoms with E-state index in [0.29, 0.717) is 27.3 Å². The van der Waals surface area contributed by atoms with Gasteiger partial charge in [0.1, 0.15) is 0 Å². The van der Waals surface area contributed by atoms with Crippen molar-refractivity contribution < 1.29 is 14.4 Å². The van der Waals surface area contributed by atoms with Gasteiger partial charge in [0.2, 0.25) is 5.91 Å². The Morgan fingerprint density at radius 3 is 2.55 bits per heavy atom. The van der Waals surface area contributed by atoms with Gasteiger partial charge in [-0.2, -0.15) is 0 Å². The highest BCUT2D eigenvalue weighted by atomic mass is 32.1. The predicted molar refractivity (Wildman–Crippen MR) is 119 cm³/mol. The number of hydrogen-bond donors (Lipinski definition) is 4. The number of nitrogens with zero attached hydrogens (tertiary/aromatic N) is 1. The van der Waals surface area contributed by atoms with Crippen LogP contribution in [-0.2, 0) is 6.54 Å². The number of thiophene rings is 1. The van der Waals surface area contributed by atoms with Crippen molar-refractivity contribution >= 4 is 34.7 Å². The number of carbonyl (C=O) groups excluding carboxylic acids is 3. The number of aromatic nitrogens is 1. The molecule has 1 aromatic carbocycles. The highest BCUT2D eigenvalue weighted by molar-refractivity contribution is 7.17. The van der Waals surface area contributed by atoms with Gasteiger partial charge >= 0.3 is 0 Å². The molecular formula is C22H21N5O3S. The number of nitrogens with one attached hydrogen (secondary N) is 2. The van der Waals surface area contributed by atoms with E-state index in [0.717, 1.165) is 23.3 Å². The summed E-state index contributed by atoms with van der Waals surface area (Å²) < 4.78 is 0. The third-order valence-corrected chi connectivity index (χ3v) is 6.02. The standard InChI is InChI=1S/C22H21N5O3S/c23-9-13-2-1-12(21(29)26-16-3-4-16)8-17(13)27-22(30)19-6-5-18(31-19)14-7-15(20(24)28)11-25-10-14/h1-2,5-8,10-11,16H,3-4,9,23H2,(H2,24,28)(H,26,29)(H,27,30). The second-order valence-corrected chi connectivity index (χ2v) is 8.35. The highest BCUT2D eigenvalue weighted by Gasteiger charge is 2.24. The van der Waals surface area contributed by atoms with Gasteiger partial charge in [0.15, 0.2) is 0 Å². The minimum Gasteiger partial charge on any atom is -0.366 e. The van der Waals surface area contributed by atoms with Gasteiger partial charge in [-0.05, 0) is 48.7 Å². The Balaban J connectivity index is 1.53. The minimum absolute atomic E-state index is 0.165. The zero-order valence-corrected chi connectivity index (χ0v) is 17.4. The molecule has 4 rings (SSSR count). The summed E-state index contributed by atoms with van der Waals surface area (Å²) in [5.41, 5.74) is 13.8. The van der Waals surface area contributed by atoms with Gasteiger partial charge in [-0.25, -0.2) is 0 Å². The number of benzene rings is 1. The summed E-state index contributed by atoms with van der Waals surface area (Å²) in [5, 5.41) is 5.79. The second-order valence-electron chi connectivity index (χ2n) is 7.27. The lowest BCUT2D eigenvalue weighted by atomic mass is 10.1. The monoisotopic (exact) mass is 435 g/mol. The van der Waals surface area contributed by atoms with Gasteiger partial charge in [0.25, 0.3) is 11.8 Å². The molecular weight excluding hydrogens is 414 g/mol. The van der Waals surface area contributed by atoms with Crippen LogP contribution in [0.1, 0.15) is 48.8 Å². The van der Waals surface area contributed by atoms with E-state index < -0.39 is 5.91 Å². The zero-order chi connectivity index (χ0) is 22.0. The Labute approximate surface area is 182 Å². The van der Waals surface area contributed by atoms with Gasteiger partial charge in [-0.1, -0.05) is 6.07 Å². The molecule has 2 heterocycles. The first-order valence-electron chi connectivity index (χ1n) is 9.75. The molecule has 0 spiro atoms.